The molecule has 0 aliphatic heterocycles. The van der Waals surface area contributed by atoms with Crippen molar-refractivity contribution in [1.82, 2.24) is 19.3 Å². The maximum absolute atomic E-state index is 15.5. The molecule has 0 radical (unpaired) electrons. The Labute approximate surface area is 177 Å². The quantitative estimate of drug-likeness (QED) is 0.442. The molecule has 6 nitrogen and oxygen atoms in total. The lowest BCUT2D eigenvalue weighted by Gasteiger charge is -2.17. The molecule has 1 saturated carbocycles. The van der Waals surface area contributed by atoms with E-state index in [4.69, 9.17) is 4.74 Å². The summed E-state index contributed by atoms with van der Waals surface area (Å²) in [5.74, 6) is -0.211. The predicted molar refractivity (Wildman–Crippen MR) is 119 cm³/mol. The van der Waals surface area contributed by atoms with Gasteiger partial charge in [0.15, 0.2) is 0 Å². The van der Waals surface area contributed by atoms with Gasteiger partial charge in [-0.15, -0.1) is 0 Å². The number of hydrogen-bond acceptors (Lipinski definition) is 4. The molecule has 30 heavy (non-hydrogen) atoms. The van der Waals surface area contributed by atoms with Crippen LogP contribution in [0.4, 0.5) is 4.39 Å². The van der Waals surface area contributed by atoms with Gasteiger partial charge in [-0.2, -0.15) is 5.10 Å². The van der Waals surface area contributed by atoms with E-state index >= 15 is 4.39 Å². The molecular formula is C22H31FN4O2Si. The number of aliphatic hydroxyl groups is 1. The second-order valence-electron chi connectivity index (χ2n) is 9.57. The Morgan fingerprint density at radius 3 is 2.70 bits per heavy atom. The van der Waals surface area contributed by atoms with Gasteiger partial charge in [-0.25, -0.2) is 9.37 Å². The third kappa shape index (κ3) is 4.22. The molecular weight excluding hydrogens is 399 g/mol. The number of ether oxygens (including phenoxy) is 1. The standard InChI is InChI=1S/C22H31FN4O2Si/c1-26-19(7-8-25-26)20-12-17-21(23)18(15-5-6-16(28)11-15)13-24-22(17)27(20)14-29-9-10-30(2,3)4/h7-8,12-13,15-16,28H,5-6,9-11,14H2,1-4H3. The van der Waals surface area contributed by atoms with Gasteiger partial charge >= 0.3 is 0 Å². The maximum Gasteiger partial charge on any atom is 0.145 e. The van der Waals surface area contributed by atoms with E-state index in [-0.39, 0.29) is 17.8 Å². The summed E-state index contributed by atoms with van der Waals surface area (Å²) in [6, 6.07) is 4.84. The second-order valence-corrected chi connectivity index (χ2v) is 15.2. The van der Waals surface area contributed by atoms with Gasteiger partial charge in [0.2, 0.25) is 0 Å². The van der Waals surface area contributed by atoms with E-state index in [2.05, 4.69) is 29.7 Å². The number of aryl methyl sites for hydroxylation is 1. The molecule has 1 aliphatic rings. The lowest BCUT2D eigenvalue weighted by Crippen LogP contribution is -2.22. The summed E-state index contributed by atoms with van der Waals surface area (Å²) in [4.78, 5) is 4.64. The first-order chi connectivity index (χ1) is 14.2. The zero-order valence-electron chi connectivity index (χ0n) is 18.2. The number of hydrogen-bond donors (Lipinski definition) is 1. The number of nitrogens with zero attached hydrogens (tertiary/aromatic N) is 4. The van der Waals surface area contributed by atoms with E-state index in [9.17, 15) is 5.11 Å². The van der Waals surface area contributed by atoms with Crippen molar-refractivity contribution in [1.29, 1.82) is 0 Å². The van der Waals surface area contributed by atoms with E-state index in [0.717, 1.165) is 23.9 Å². The lowest BCUT2D eigenvalue weighted by atomic mass is 9.98. The SMILES string of the molecule is Cn1nccc1-c1cc2c(F)c(C3CCC(O)C3)cnc2n1COCC[Si](C)(C)C. The van der Waals surface area contributed by atoms with Crippen molar-refractivity contribution in [3.05, 3.63) is 35.9 Å². The minimum Gasteiger partial charge on any atom is -0.393 e. The van der Waals surface area contributed by atoms with Crippen LogP contribution in [0.2, 0.25) is 25.7 Å². The van der Waals surface area contributed by atoms with Crippen LogP contribution in [-0.4, -0.2) is 45.2 Å². The van der Waals surface area contributed by atoms with Crippen LogP contribution in [0.25, 0.3) is 22.4 Å². The molecule has 3 aromatic heterocycles. The zero-order chi connectivity index (χ0) is 21.5. The Bertz CT molecular complexity index is 1040. The molecule has 8 heteroatoms. The molecule has 0 saturated heterocycles. The van der Waals surface area contributed by atoms with Crippen molar-refractivity contribution >= 4 is 19.1 Å². The first-order valence-corrected chi connectivity index (χ1v) is 14.4. The summed E-state index contributed by atoms with van der Waals surface area (Å²) in [7, 11) is 0.683. The highest BCUT2D eigenvalue weighted by Gasteiger charge is 2.28. The van der Waals surface area contributed by atoms with E-state index < -0.39 is 8.07 Å². The molecule has 3 heterocycles. The smallest absolute Gasteiger partial charge is 0.145 e. The Morgan fingerprint density at radius 2 is 2.07 bits per heavy atom. The van der Waals surface area contributed by atoms with Gasteiger partial charge in [0.1, 0.15) is 18.2 Å². The second kappa shape index (κ2) is 8.24. The molecule has 0 aromatic carbocycles. The van der Waals surface area contributed by atoms with Crippen LogP contribution in [0, 0.1) is 5.82 Å². The number of aromatic nitrogens is 4. The highest BCUT2D eigenvalue weighted by Crippen LogP contribution is 2.38. The minimum atomic E-state index is -1.19. The molecule has 0 bridgehead atoms. The number of halogens is 1. The van der Waals surface area contributed by atoms with Gasteiger partial charge in [0.25, 0.3) is 0 Å². The molecule has 4 rings (SSSR count). The number of rotatable bonds is 7. The summed E-state index contributed by atoms with van der Waals surface area (Å²) < 4.78 is 25.2. The highest BCUT2D eigenvalue weighted by atomic mass is 28.3. The number of aliphatic hydroxyl groups excluding tert-OH is 1. The molecule has 162 valence electrons. The first-order valence-electron chi connectivity index (χ1n) is 10.7. The monoisotopic (exact) mass is 430 g/mol. The zero-order valence-corrected chi connectivity index (χ0v) is 19.2. The van der Waals surface area contributed by atoms with Crippen molar-refractivity contribution in [2.45, 2.75) is 63.7 Å². The van der Waals surface area contributed by atoms with E-state index in [1.165, 1.54) is 0 Å². The van der Waals surface area contributed by atoms with Crippen molar-refractivity contribution in [2.75, 3.05) is 6.61 Å². The van der Waals surface area contributed by atoms with Crippen LogP contribution in [0.3, 0.4) is 0 Å². The van der Waals surface area contributed by atoms with Crippen LogP contribution in [0.15, 0.2) is 24.5 Å². The fourth-order valence-electron chi connectivity index (χ4n) is 4.21. The average molecular weight is 431 g/mol. The molecule has 2 unspecified atom stereocenters. The maximum atomic E-state index is 15.5. The molecule has 3 aromatic rings. The minimum absolute atomic E-state index is 0.0217. The Kier molecular flexibility index (Phi) is 5.83. The van der Waals surface area contributed by atoms with E-state index in [1.54, 1.807) is 17.1 Å². The summed E-state index contributed by atoms with van der Waals surface area (Å²) >= 11 is 0. The Morgan fingerprint density at radius 1 is 1.27 bits per heavy atom. The van der Waals surface area contributed by atoms with Crippen molar-refractivity contribution in [3.8, 4) is 11.4 Å². The van der Waals surface area contributed by atoms with Crippen LogP contribution in [0.5, 0.6) is 0 Å². The summed E-state index contributed by atoms with van der Waals surface area (Å²) in [5, 5.41) is 14.6. The van der Waals surface area contributed by atoms with Crippen LogP contribution in [0.1, 0.15) is 30.7 Å². The number of fused-ring (bicyclic) bond motifs is 1. The lowest BCUT2D eigenvalue weighted by molar-refractivity contribution is 0.0908. The van der Waals surface area contributed by atoms with Crippen LogP contribution in [-0.2, 0) is 18.5 Å². The third-order valence-electron chi connectivity index (χ3n) is 6.03. The van der Waals surface area contributed by atoms with Crippen molar-refractivity contribution in [3.63, 3.8) is 0 Å². The largest absolute Gasteiger partial charge is 0.393 e. The molecule has 1 fully saturated rings. The average Bonchev–Trinajstić information content (AvgIpc) is 3.37. The van der Waals surface area contributed by atoms with Crippen LogP contribution >= 0.6 is 0 Å². The van der Waals surface area contributed by atoms with E-state index in [1.807, 2.05) is 23.7 Å². The summed E-state index contributed by atoms with van der Waals surface area (Å²) in [6.07, 6.45) is 5.14. The van der Waals surface area contributed by atoms with Gasteiger partial charge in [-0.3, -0.25) is 9.25 Å². The number of pyridine rings is 1. The van der Waals surface area contributed by atoms with Gasteiger partial charge in [-0.1, -0.05) is 19.6 Å². The van der Waals surface area contributed by atoms with Gasteiger partial charge in [0, 0.05) is 39.7 Å². The predicted octanol–water partition coefficient (Wildman–Crippen LogP) is 4.52. The van der Waals surface area contributed by atoms with Crippen molar-refractivity contribution < 1.29 is 14.2 Å². The first kappa shape index (κ1) is 21.2. The Hall–Kier alpha value is -2.03. The molecule has 1 aliphatic carbocycles. The fraction of sp³-hybridized carbons (Fsp3) is 0.545. The van der Waals surface area contributed by atoms with Crippen molar-refractivity contribution in [2.24, 2.45) is 7.05 Å². The molecule has 0 spiro atoms. The third-order valence-corrected chi connectivity index (χ3v) is 7.73. The summed E-state index contributed by atoms with van der Waals surface area (Å²) in [6.45, 7) is 7.96. The summed E-state index contributed by atoms with van der Waals surface area (Å²) in [5.41, 5.74) is 2.92. The molecule has 0 amide bonds. The van der Waals surface area contributed by atoms with Crippen LogP contribution < -0.4 is 0 Å². The van der Waals surface area contributed by atoms with E-state index in [0.29, 0.717) is 42.8 Å². The normalized spacial score (nSPS) is 19.8. The van der Waals surface area contributed by atoms with Gasteiger partial charge in [-0.05, 0) is 43.4 Å². The highest BCUT2D eigenvalue weighted by molar-refractivity contribution is 6.76. The molecule has 1 N–H and O–H groups in total. The Balaban J connectivity index is 1.72. The molecule has 2 atom stereocenters. The van der Waals surface area contributed by atoms with Gasteiger partial charge < -0.3 is 9.84 Å². The fourth-order valence-corrected chi connectivity index (χ4v) is 4.97. The topological polar surface area (TPSA) is 65.1 Å². The van der Waals surface area contributed by atoms with Gasteiger partial charge in [0.05, 0.1) is 22.9 Å².